The van der Waals surface area contributed by atoms with Gasteiger partial charge in [-0.05, 0) is 31.0 Å². The first-order valence-corrected chi connectivity index (χ1v) is 5.40. The first kappa shape index (κ1) is 10.8. The summed E-state index contributed by atoms with van der Waals surface area (Å²) in [5.41, 5.74) is 2.81. The van der Waals surface area contributed by atoms with E-state index < -0.39 is 6.10 Å². The van der Waals surface area contributed by atoms with Crippen molar-refractivity contribution in [3.63, 3.8) is 0 Å². The molecule has 0 aliphatic carbocycles. The smallest absolute Gasteiger partial charge is 0.111 e. The van der Waals surface area contributed by atoms with E-state index in [0.717, 1.165) is 12.1 Å². The third-order valence-corrected chi connectivity index (χ3v) is 2.52. The molecular formula is C12H15N3O. The number of aliphatic hydroxyl groups is 1. The monoisotopic (exact) mass is 217 g/mol. The summed E-state index contributed by atoms with van der Waals surface area (Å²) in [5.74, 6) is 0. The number of hydrogen-bond donors (Lipinski definition) is 1. The van der Waals surface area contributed by atoms with Gasteiger partial charge in [0.05, 0.1) is 18.0 Å². The number of benzene rings is 1. The van der Waals surface area contributed by atoms with E-state index in [1.807, 2.05) is 12.1 Å². The minimum absolute atomic E-state index is 0.580. The van der Waals surface area contributed by atoms with Crippen LogP contribution in [0, 0.1) is 0 Å². The van der Waals surface area contributed by atoms with Crippen LogP contribution in [0.1, 0.15) is 31.2 Å². The van der Waals surface area contributed by atoms with Crippen LogP contribution < -0.4 is 0 Å². The molecule has 1 unspecified atom stereocenters. The first-order chi connectivity index (χ1) is 7.70. The molecule has 1 N–H and O–H groups in total. The molecule has 1 atom stereocenters. The van der Waals surface area contributed by atoms with Crippen molar-refractivity contribution in [1.82, 2.24) is 15.0 Å². The number of aromatic nitrogens is 3. The number of aliphatic hydroxyl groups excluding tert-OH is 1. The van der Waals surface area contributed by atoms with Crippen LogP contribution in [-0.2, 0) is 6.42 Å². The van der Waals surface area contributed by atoms with Gasteiger partial charge >= 0.3 is 0 Å². The number of aryl methyl sites for hydroxylation is 1. The molecular weight excluding hydrogens is 202 g/mol. The van der Waals surface area contributed by atoms with E-state index in [9.17, 15) is 5.11 Å². The maximum absolute atomic E-state index is 9.37. The number of hydrogen-bond acceptors (Lipinski definition) is 3. The van der Waals surface area contributed by atoms with Gasteiger partial charge < -0.3 is 5.11 Å². The van der Waals surface area contributed by atoms with Crippen LogP contribution >= 0.6 is 0 Å². The maximum Gasteiger partial charge on any atom is 0.111 e. The van der Waals surface area contributed by atoms with E-state index >= 15 is 0 Å². The highest BCUT2D eigenvalue weighted by molar-refractivity contribution is 5.35. The van der Waals surface area contributed by atoms with Crippen molar-refractivity contribution in [3.8, 4) is 5.69 Å². The Morgan fingerprint density at radius 1 is 1.44 bits per heavy atom. The summed E-state index contributed by atoms with van der Waals surface area (Å²) in [4.78, 5) is 0. The predicted molar refractivity (Wildman–Crippen MR) is 61.4 cm³/mol. The molecule has 0 spiro atoms. The molecule has 16 heavy (non-hydrogen) atoms. The average Bonchev–Trinajstić information content (AvgIpc) is 2.78. The third kappa shape index (κ3) is 2.12. The second-order valence-corrected chi connectivity index (χ2v) is 3.79. The van der Waals surface area contributed by atoms with E-state index in [1.165, 1.54) is 5.56 Å². The van der Waals surface area contributed by atoms with Gasteiger partial charge in [0, 0.05) is 0 Å². The van der Waals surface area contributed by atoms with E-state index in [-0.39, 0.29) is 0 Å². The lowest BCUT2D eigenvalue weighted by atomic mass is 10.1. The molecule has 1 heterocycles. The molecule has 2 aromatic rings. The van der Waals surface area contributed by atoms with Gasteiger partial charge in [0.25, 0.3) is 0 Å². The highest BCUT2D eigenvalue weighted by Crippen LogP contribution is 2.13. The first-order valence-electron chi connectivity index (χ1n) is 5.40. The molecule has 0 saturated carbocycles. The summed E-state index contributed by atoms with van der Waals surface area (Å²) in [7, 11) is 0. The second-order valence-electron chi connectivity index (χ2n) is 3.79. The zero-order valence-electron chi connectivity index (χ0n) is 9.46. The molecule has 0 amide bonds. The van der Waals surface area contributed by atoms with Crippen LogP contribution in [0.4, 0.5) is 0 Å². The molecule has 2 rings (SSSR count). The molecule has 0 fully saturated rings. The Labute approximate surface area is 94.5 Å². The lowest BCUT2D eigenvalue weighted by Gasteiger charge is -2.02. The minimum Gasteiger partial charge on any atom is -0.387 e. The fraction of sp³-hybridized carbons (Fsp3) is 0.333. The number of nitrogens with zero attached hydrogens (tertiary/aromatic N) is 3. The summed E-state index contributed by atoms with van der Waals surface area (Å²) in [6.07, 6.45) is 2.16. The van der Waals surface area contributed by atoms with Crippen LogP contribution in [0.3, 0.4) is 0 Å². The fourth-order valence-corrected chi connectivity index (χ4v) is 1.51. The Morgan fingerprint density at radius 2 is 2.25 bits per heavy atom. The van der Waals surface area contributed by atoms with Crippen molar-refractivity contribution in [3.05, 3.63) is 41.7 Å². The highest BCUT2D eigenvalue weighted by atomic mass is 16.3. The molecule has 0 aliphatic heterocycles. The van der Waals surface area contributed by atoms with Gasteiger partial charge in [0.15, 0.2) is 0 Å². The summed E-state index contributed by atoms with van der Waals surface area (Å²) in [5, 5.41) is 17.3. The number of rotatable bonds is 3. The highest BCUT2D eigenvalue weighted by Gasteiger charge is 2.07. The van der Waals surface area contributed by atoms with Gasteiger partial charge in [0.1, 0.15) is 5.69 Å². The molecule has 84 valence electrons. The topological polar surface area (TPSA) is 50.9 Å². The Hall–Kier alpha value is -1.68. The van der Waals surface area contributed by atoms with Crippen molar-refractivity contribution in [1.29, 1.82) is 0 Å². The van der Waals surface area contributed by atoms with E-state index in [2.05, 4.69) is 29.4 Å². The minimum atomic E-state index is -0.580. The molecule has 0 radical (unpaired) electrons. The van der Waals surface area contributed by atoms with Gasteiger partial charge in [-0.3, -0.25) is 0 Å². The van der Waals surface area contributed by atoms with Crippen molar-refractivity contribution in [2.45, 2.75) is 26.4 Å². The largest absolute Gasteiger partial charge is 0.387 e. The lowest BCUT2D eigenvalue weighted by molar-refractivity contribution is 0.194. The van der Waals surface area contributed by atoms with Crippen LogP contribution in [0.5, 0.6) is 0 Å². The predicted octanol–water partition coefficient (Wildman–Crippen LogP) is 1.88. The van der Waals surface area contributed by atoms with Crippen molar-refractivity contribution in [2.75, 3.05) is 0 Å². The van der Waals surface area contributed by atoms with Crippen LogP contribution in [-0.4, -0.2) is 20.1 Å². The van der Waals surface area contributed by atoms with E-state index in [1.54, 1.807) is 17.8 Å². The molecule has 4 nitrogen and oxygen atoms in total. The standard InChI is InChI=1S/C12H15N3O/c1-3-10-5-4-6-11(7-10)15-8-12(9(2)16)13-14-15/h4-9,16H,3H2,1-2H3. The maximum atomic E-state index is 9.37. The Morgan fingerprint density at radius 3 is 2.88 bits per heavy atom. The van der Waals surface area contributed by atoms with Gasteiger partial charge in [-0.15, -0.1) is 5.10 Å². The second kappa shape index (κ2) is 4.45. The van der Waals surface area contributed by atoms with Crippen LogP contribution in [0.25, 0.3) is 5.69 Å². The third-order valence-electron chi connectivity index (χ3n) is 2.52. The normalized spacial score (nSPS) is 12.7. The quantitative estimate of drug-likeness (QED) is 0.854. The van der Waals surface area contributed by atoms with Gasteiger partial charge in [-0.25, -0.2) is 4.68 Å². The zero-order chi connectivity index (χ0) is 11.5. The summed E-state index contributed by atoms with van der Waals surface area (Å²) >= 11 is 0. The van der Waals surface area contributed by atoms with Crippen molar-refractivity contribution < 1.29 is 5.11 Å². The van der Waals surface area contributed by atoms with Crippen LogP contribution in [0.15, 0.2) is 30.5 Å². The van der Waals surface area contributed by atoms with Gasteiger partial charge in [-0.1, -0.05) is 24.3 Å². The molecule has 4 heteroatoms. The van der Waals surface area contributed by atoms with Crippen molar-refractivity contribution in [2.24, 2.45) is 0 Å². The summed E-state index contributed by atoms with van der Waals surface area (Å²) in [6.45, 7) is 3.79. The average molecular weight is 217 g/mol. The molecule has 0 aliphatic rings. The van der Waals surface area contributed by atoms with Crippen LogP contribution in [0.2, 0.25) is 0 Å². The van der Waals surface area contributed by atoms with Gasteiger partial charge in [-0.2, -0.15) is 0 Å². The van der Waals surface area contributed by atoms with Crippen molar-refractivity contribution >= 4 is 0 Å². The molecule has 1 aromatic carbocycles. The Balaban J connectivity index is 2.34. The lowest BCUT2D eigenvalue weighted by Crippen LogP contribution is -1.95. The summed E-state index contributed by atoms with van der Waals surface area (Å²) < 4.78 is 1.68. The zero-order valence-corrected chi connectivity index (χ0v) is 9.46. The van der Waals surface area contributed by atoms with E-state index in [0.29, 0.717) is 5.69 Å². The Bertz CT molecular complexity index is 477. The van der Waals surface area contributed by atoms with E-state index in [4.69, 9.17) is 0 Å². The molecule has 0 bridgehead atoms. The SMILES string of the molecule is CCc1cccc(-n2cc(C(C)O)nn2)c1. The Kier molecular flexibility index (Phi) is 3.01. The van der Waals surface area contributed by atoms with Gasteiger partial charge in [0.2, 0.25) is 0 Å². The fourth-order valence-electron chi connectivity index (χ4n) is 1.51. The molecule has 1 aromatic heterocycles. The molecule has 0 saturated heterocycles. The summed E-state index contributed by atoms with van der Waals surface area (Å²) in [6, 6.07) is 8.12.